The van der Waals surface area contributed by atoms with E-state index in [1.165, 1.54) is 5.56 Å². The van der Waals surface area contributed by atoms with Gasteiger partial charge in [0.1, 0.15) is 0 Å². The minimum absolute atomic E-state index is 0.637. The summed E-state index contributed by atoms with van der Waals surface area (Å²) in [5, 5.41) is 0. The lowest BCUT2D eigenvalue weighted by Crippen LogP contribution is -1.91. The molecule has 0 amide bonds. The van der Waals surface area contributed by atoms with E-state index in [-0.39, 0.29) is 0 Å². The number of hydrogen-bond acceptors (Lipinski definition) is 1. The Kier molecular flexibility index (Phi) is 4.17. The van der Waals surface area contributed by atoms with Crippen LogP contribution < -0.4 is 0 Å². The zero-order valence-corrected chi connectivity index (χ0v) is 7.07. The Balaban J connectivity index is 2.24. The third kappa shape index (κ3) is 3.35. The summed E-state index contributed by atoms with van der Waals surface area (Å²) in [6, 6.07) is 10.1. The summed E-state index contributed by atoms with van der Waals surface area (Å²) in [4.78, 5) is 0. The van der Waals surface area contributed by atoms with Gasteiger partial charge in [0.05, 0.1) is 13.2 Å². The van der Waals surface area contributed by atoms with Crippen molar-refractivity contribution < 1.29 is 4.74 Å². The molecule has 0 aliphatic heterocycles. The van der Waals surface area contributed by atoms with Crippen LogP contribution in [-0.2, 0) is 11.3 Å². The Labute approximate surface area is 73.7 Å². The van der Waals surface area contributed by atoms with E-state index in [4.69, 9.17) is 4.74 Å². The Morgan fingerprint density at radius 2 is 2.00 bits per heavy atom. The van der Waals surface area contributed by atoms with Gasteiger partial charge in [-0.3, -0.25) is 0 Å². The van der Waals surface area contributed by atoms with Gasteiger partial charge in [-0.15, -0.1) is 0 Å². The fraction of sp³-hybridized carbons (Fsp3) is 0.182. The van der Waals surface area contributed by atoms with Gasteiger partial charge in [-0.05, 0) is 12.5 Å². The fourth-order valence-corrected chi connectivity index (χ4v) is 0.887. The van der Waals surface area contributed by atoms with Gasteiger partial charge in [0.25, 0.3) is 0 Å². The van der Waals surface area contributed by atoms with Crippen LogP contribution in [0.3, 0.4) is 0 Å². The van der Waals surface area contributed by atoms with Crippen LogP contribution in [0.15, 0.2) is 42.5 Å². The maximum atomic E-state index is 5.33. The summed E-state index contributed by atoms with van der Waals surface area (Å²) >= 11 is 0. The normalized spacial score (nSPS) is 10.8. The van der Waals surface area contributed by atoms with Crippen LogP contribution in [0.5, 0.6) is 0 Å². The number of allylic oxidation sites excluding steroid dienone is 1. The lowest BCUT2D eigenvalue weighted by Gasteiger charge is -1.99. The van der Waals surface area contributed by atoms with Crippen molar-refractivity contribution in [3.8, 4) is 0 Å². The number of ether oxygens (including phenoxy) is 1. The molecule has 1 heteroatoms. The van der Waals surface area contributed by atoms with Crippen molar-refractivity contribution in [3.05, 3.63) is 55.0 Å². The Bertz CT molecular complexity index is 226. The van der Waals surface area contributed by atoms with Crippen molar-refractivity contribution in [3.63, 3.8) is 0 Å². The van der Waals surface area contributed by atoms with Crippen molar-refractivity contribution in [2.24, 2.45) is 0 Å². The van der Waals surface area contributed by atoms with Gasteiger partial charge in [0, 0.05) is 0 Å². The van der Waals surface area contributed by atoms with E-state index < -0.39 is 0 Å². The smallest absolute Gasteiger partial charge is 0.0721 e. The summed E-state index contributed by atoms with van der Waals surface area (Å²) in [5.74, 6) is 0. The first-order valence-corrected chi connectivity index (χ1v) is 3.99. The van der Waals surface area contributed by atoms with Gasteiger partial charge >= 0.3 is 0 Å². The first-order chi connectivity index (χ1) is 5.93. The van der Waals surface area contributed by atoms with Crippen molar-refractivity contribution in [1.29, 1.82) is 0 Å². The molecule has 12 heavy (non-hydrogen) atoms. The zero-order valence-electron chi connectivity index (χ0n) is 7.07. The second kappa shape index (κ2) is 5.56. The lowest BCUT2D eigenvalue weighted by atomic mass is 10.2. The van der Waals surface area contributed by atoms with Crippen LogP contribution in [0.25, 0.3) is 0 Å². The molecule has 0 heterocycles. The quantitative estimate of drug-likeness (QED) is 0.617. The molecule has 1 rings (SSSR count). The molecule has 63 valence electrons. The molecule has 0 bridgehead atoms. The average molecular weight is 161 g/mol. The molecule has 0 unspecified atom stereocenters. The van der Waals surface area contributed by atoms with Crippen LogP contribution in [0.2, 0.25) is 0 Å². The minimum Gasteiger partial charge on any atom is -0.373 e. The first kappa shape index (κ1) is 9.01. The van der Waals surface area contributed by atoms with Gasteiger partial charge in [-0.2, -0.15) is 0 Å². The molecular weight excluding hydrogens is 148 g/mol. The predicted molar refractivity (Wildman–Crippen MR) is 50.6 cm³/mol. The van der Waals surface area contributed by atoms with Gasteiger partial charge in [-0.1, -0.05) is 42.5 Å². The standard InChI is InChI=1S/C11H13O/c1-2-3-9-12-10-11-7-5-4-6-8-11/h2-8H,1,9-10H2/b3-2+. The van der Waals surface area contributed by atoms with Crippen molar-refractivity contribution in [1.82, 2.24) is 0 Å². The summed E-state index contributed by atoms with van der Waals surface area (Å²) in [5.41, 5.74) is 1.20. The molecule has 0 saturated carbocycles. The Morgan fingerprint density at radius 1 is 1.25 bits per heavy atom. The van der Waals surface area contributed by atoms with Crippen molar-refractivity contribution in [2.75, 3.05) is 6.61 Å². The van der Waals surface area contributed by atoms with Crippen LogP contribution in [-0.4, -0.2) is 6.61 Å². The van der Waals surface area contributed by atoms with Crippen molar-refractivity contribution >= 4 is 0 Å². The van der Waals surface area contributed by atoms with Crippen LogP contribution in [0.4, 0.5) is 0 Å². The maximum Gasteiger partial charge on any atom is 0.0721 e. The molecule has 0 aliphatic carbocycles. The third-order valence-corrected chi connectivity index (χ3v) is 1.49. The highest BCUT2D eigenvalue weighted by atomic mass is 16.5. The number of benzene rings is 1. The summed E-state index contributed by atoms with van der Waals surface area (Å²) in [6.45, 7) is 4.88. The first-order valence-electron chi connectivity index (χ1n) is 3.99. The summed E-state index contributed by atoms with van der Waals surface area (Å²) in [7, 11) is 0. The van der Waals surface area contributed by atoms with Crippen LogP contribution in [0, 0.1) is 6.92 Å². The highest BCUT2D eigenvalue weighted by Gasteiger charge is 1.87. The molecule has 0 aromatic heterocycles. The molecule has 0 aliphatic rings. The van der Waals surface area contributed by atoms with E-state index in [0.29, 0.717) is 13.2 Å². The molecular formula is C11H13O. The van der Waals surface area contributed by atoms with E-state index >= 15 is 0 Å². The Hall–Kier alpha value is -1.08. The topological polar surface area (TPSA) is 9.23 Å². The molecule has 0 saturated heterocycles. The van der Waals surface area contributed by atoms with Gasteiger partial charge in [-0.25, -0.2) is 0 Å². The largest absolute Gasteiger partial charge is 0.373 e. The Morgan fingerprint density at radius 3 is 2.67 bits per heavy atom. The fourth-order valence-electron chi connectivity index (χ4n) is 0.887. The molecule has 1 radical (unpaired) electrons. The van der Waals surface area contributed by atoms with Gasteiger partial charge in [0.2, 0.25) is 0 Å². The van der Waals surface area contributed by atoms with Crippen LogP contribution in [0.1, 0.15) is 5.56 Å². The highest BCUT2D eigenvalue weighted by Crippen LogP contribution is 1.99. The monoisotopic (exact) mass is 161 g/mol. The second-order valence-electron chi connectivity index (χ2n) is 2.47. The highest BCUT2D eigenvalue weighted by molar-refractivity contribution is 5.13. The predicted octanol–water partition coefficient (Wildman–Crippen LogP) is 2.59. The summed E-state index contributed by atoms with van der Waals surface area (Å²) in [6.07, 6.45) is 3.63. The van der Waals surface area contributed by atoms with Gasteiger partial charge in [0.15, 0.2) is 0 Å². The second-order valence-corrected chi connectivity index (χ2v) is 2.47. The van der Waals surface area contributed by atoms with E-state index in [0.717, 1.165) is 0 Å². The molecule has 1 aromatic rings. The molecule has 0 N–H and O–H groups in total. The van der Waals surface area contributed by atoms with E-state index in [9.17, 15) is 0 Å². The maximum absolute atomic E-state index is 5.33. The van der Waals surface area contributed by atoms with E-state index in [1.54, 1.807) is 6.08 Å². The SMILES string of the molecule is [CH2]/C=C/COCc1ccccc1. The van der Waals surface area contributed by atoms with Crippen LogP contribution >= 0.6 is 0 Å². The molecule has 1 nitrogen and oxygen atoms in total. The van der Waals surface area contributed by atoms with Crippen molar-refractivity contribution in [2.45, 2.75) is 6.61 Å². The number of hydrogen-bond donors (Lipinski definition) is 0. The molecule has 1 aromatic carbocycles. The number of rotatable bonds is 4. The van der Waals surface area contributed by atoms with E-state index in [2.05, 4.69) is 6.92 Å². The zero-order chi connectivity index (χ0) is 8.65. The molecule has 0 spiro atoms. The third-order valence-electron chi connectivity index (χ3n) is 1.49. The van der Waals surface area contributed by atoms with Gasteiger partial charge < -0.3 is 4.74 Å². The lowest BCUT2D eigenvalue weighted by molar-refractivity contribution is 0.148. The molecule has 0 fully saturated rings. The average Bonchev–Trinajstić information content (AvgIpc) is 2.14. The minimum atomic E-state index is 0.637. The molecule has 0 atom stereocenters. The summed E-state index contributed by atoms with van der Waals surface area (Å²) < 4.78 is 5.33. The van der Waals surface area contributed by atoms with E-state index in [1.807, 2.05) is 36.4 Å².